The molecule has 0 amide bonds. The Kier molecular flexibility index (Phi) is 3.95. The second kappa shape index (κ2) is 5.00. The van der Waals surface area contributed by atoms with Crippen LogP contribution in [-0.2, 0) is 6.54 Å². The van der Waals surface area contributed by atoms with Crippen molar-refractivity contribution in [1.29, 1.82) is 0 Å². The third-order valence-corrected chi connectivity index (χ3v) is 2.18. The minimum Gasteiger partial charge on any atom is -0.489 e. The molecule has 0 unspecified atom stereocenters. The smallest absolute Gasteiger partial charge is 0.297 e. The molecule has 0 saturated carbocycles. The van der Waals surface area contributed by atoms with E-state index in [9.17, 15) is 4.79 Å². The molecular weight excluding hydrogens is 204 g/mol. The van der Waals surface area contributed by atoms with Crippen molar-refractivity contribution in [2.24, 2.45) is 0 Å². The number of unbranched alkanes of at least 4 members (excludes halogenated alkanes) is 1. The Labute approximate surface area is 87.5 Å². The molecule has 0 radical (unpaired) electrons. The van der Waals surface area contributed by atoms with Crippen LogP contribution in [0.25, 0.3) is 0 Å². The lowest BCUT2D eigenvalue weighted by molar-refractivity contribution is 0.398. The fraction of sp³-hybridized carbons (Fsp3) is 0.556. The molecule has 0 aliphatic carbocycles. The van der Waals surface area contributed by atoms with Gasteiger partial charge in [-0.3, -0.25) is 9.36 Å². The van der Waals surface area contributed by atoms with E-state index in [1.54, 1.807) is 0 Å². The number of hydrogen-bond donors (Lipinski definition) is 0. The Bertz CT molecular complexity index is 362. The van der Waals surface area contributed by atoms with E-state index in [4.69, 9.17) is 16.3 Å². The van der Waals surface area contributed by atoms with Crippen molar-refractivity contribution < 1.29 is 4.74 Å². The maximum Gasteiger partial charge on any atom is 0.297 e. The molecule has 0 aliphatic heterocycles. The molecule has 0 spiro atoms. The number of aryl methyl sites for hydroxylation is 1. The van der Waals surface area contributed by atoms with Crippen molar-refractivity contribution in [3.8, 4) is 5.75 Å². The van der Waals surface area contributed by atoms with Crippen molar-refractivity contribution in [1.82, 2.24) is 9.55 Å². The maximum atomic E-state index is 11.6. The second-order valence-corrected chi connectivity index (χ2v) is 3.28. The van der Waals surface area contributed by atoms with E-state index in [1.807, 2.05) is 0 Å². The Morgan fingerprint density at radius 1 is 1.64 bits per heavy atom. The van der Waals surface area contributed by atoms with E-state index in [2.05, 4.69) is 11.9 Å². The summed E-state index contributed by atoms with van der Waals surface area (Å²) in [5.41, 5.74) is -0.221. The number of nitrogens with zero attached hydrogens (tertiary/aromatic N) is 2. The molecule has 0 aliphatic rings. The van der Waals surface area contributed by atoms with E-state index >= 15 is 0 Å². The van der Waals surface area contributed by atoms with Crippen LogP contribution in [0.15, 0.2) is 11.1 Å². The standard InChI is InChI=1S/C9H13ClN2O2/c1-3-4-5-12-6-11-8(10)7(14-2)9(12)13/h6H,3-5H2,1-2H3. The van der Waals surface area contributed by atoms with Crippen LogP contribution in [0.1, 0.15) is 19.8 Å². The van der Waals surface area contributed by atoms with Crippen LogP contribution >= 0.6 is 11.6 Å². The summed E-state index contributed by atoms with van der Waals surface area (Å²) in [6.45, 7) is 2.71. The summed E-state index contributed by atoms with van der Waals surface area (Å²) in [7, 11) is 1.41. The number of halogens is 1. The van der Waals surface area contributed by atoms with E-state index in [0.717, 1.165) is 12.8 Å². The second-order valence-electron chi connectivity index (χ2n) is 2.92. The maximum absolute atomic E-state index is 11.6. The average Bonchev–Trinajstić information content (AvgIpc) is 2.18. The Balaban J connectivity index is 3.02. The molecule has 78 valence electrons. The van der Waals surface area contributed by atoms with Crippen molar-refractivity contribution in [3.05, 3.63) is 21.8 Å². The first-order valence-corrected chi connectivity index (χ1v) is 4.87. The van der Waals surface area contributed by atoms with E-state index in [-0.39, 0.29) is 16.5 Å². The number of aromatic nitrogens is 2. The molecule has 1 aromatic heterocycles. The lowest BCUT2D eigenvalue weighted by Crippen LogP contribution is -2.22. The summed E-state index contributed by atoms with van der Waals surface area (Å²) >= 11 is 5.69. The number of hydrogen-bond acceptors (Lipinski definition) is 3. The highest BCUT2D eigenvalue weighted by atomic mass is 35.5. The van der Waals surface area contributed by atoms with Gasteiger partial charge in [-0.1, -0.05) is 24.9 Å². The third-order valence-electron chi connectivity index (χ3n) is 1.91. The monoisotopic (exact) mass is 216 g/mol. The van der Waals surface area contributed by atoms with Gasteiger partial charge >= 0.3 is 0 Å². The first-order valence-electron chi connectivity index (χ1n) is 4.49. The summed E-state index contributed by atoms with van der Waals surface area (Å²) in [5, 5.41) is 0.116. The fourth-order valence-corrected chi connectivity index (χ4v) is 1.31. The number of rotatable bonds is 4. The zero-order valence-electron chi connectivity index (χ0n) is 8.29. The summed E-state index contributed by atoms with van der Waals surface area (Å²) in [6, 6.07) is 0. The van der Waals surface area contributed by atoms with Crippen molar-refractivity contribution in [3.63, 3.8) is 0 Å². The highest BCUT2D eigenvalue weighted by molar-refractivity contribution is 6.30. The molecule has 0 saturated heterocycles. The molecule has 4 nitrogen and oxygen atoms in total. The first kappa shape index (κ1) is 11.0. The Morgan fingerprint density at radius 3 is 2.93 bits per heavy atom. The van der Waals surface area contributed by atoms with Crippen molar-refractivity contribution >= 4 is 11.6 Å². The van der Waals surface area contributed by atoms with Gasteiger partial charge in [0.15, 0.2) is 5.15 Å². The van der Waals surface area contributed by atoms with E-state index in [1.165, 1.54) is 18.0 Å². The van der Waals surface area contributed by atoms with Crippen LogP contribution in [0.4, 0.5) is 0 Å². The summed E-state index contributed by atoms with van der Waals surface area (Å²) < 4.78 is 6.38. The molecule has 1 aromatic rings. The highest BCUT2D eigenvalue weighted by Gasteiger charge is 2.09. The van der Waals surface area contributed by atoms with Crippen LogP contribution in [0.5, 0.6) is 5.75 Å². The molecular formula is C9H13ClN2O2. The average molecular weight is 217 g/mol. The van der Waals surface area contributed by atoms with Gasteiger partial charge in [0.1, 0.15) is 0 Å². The minimum atomic E-state index is -0.221. The van der Waals surface area contributed by atoms with Gasteiger partial charge in [-0.25, -0.2) is 4.98 Å². The first-order chi connectivity index (χ1) is 6.70. The van der Waals surface area contributed by atoms with Crippen molar-refractivity contribution in [2.75, 3.05) is 7.11 Å². The van der Waals surface area contributed by atoms with Crippen LogP contribution in [-0.4, -0.2) is 16.7 Å². The van der Waals surface area contributed by atoms with Gasteiger partial charge < -0.3 is 4.74 Å². The van der Waals surface area contributed by atoms with Crippen LogP contribution in [0, 0.1) is 0 Å². The van der Waals surface area contributed by atoms with Gasteiger partial charge in [0.05, 0.1) is 13.4 Å². The minimum absolute atomic E-state index is 0.116. The lowest BCUT2D eigenvalue weighted by atomic mass is 10.3. The number of ether oxygens (including phenoxy) is 1. The molecule has 14 heavy (non-hydrogen) atoms. The van der Waals surface area contributed by atoms with Crippen LogP contribution < -0.4 is 10.3 Å². The highest BCUT2D eigenvalue weighted by Crippen LogP contribution is 2.14. The van der Waals surface area contributed by atoms with Gasteiger partial charge in [-0.05, 0) is 6.42 Å². The zero-order chi connectivity index (χ0) is 10.6. The van der Waals surface area contributed by atoms with Crippen molar-refractivity contribution in [2.45, 2.75) is 26.3 Å². The summed E-state index contributed by atoms with van der Waals surface area (Å²) in [5.74, 6) is 0.116. The van der Waals surface area contributed by atoms with Crippen LogP contribution in [0.2, 0.25) is 5.15 Å². The molecule has 0 fully saturated rings. The summed E-state index contributed by atoms with van der Waals surface area (Å²) in [6.07, 6.45) is 3.41. The molecule has 1 heterocycles. The molecule has 0 aromatic carbocycles. The Morgan fingerprint density at radius 2 is 2.36 bits per heavy atom. The molecule has 1 rings (SSSR count). The predicted molar refractivity (Wildman–Crippen MR) is 55.0 cm³/mol. The SMILES string of the molecule is CCCCn1cnc(Cl)c(OC)c1=O. The topological polar surface area (TPSA) is 44.1 Å². The molecule has 0 atom stereocenters. The Hall–Kier alpha value is -1.03. The quantitative estimate of drug-likeness (QED) is 0.720. The fourth-order valence-electron chi connectivity index (χ4n) is 1.11. The van der Waals surface area contributed by atoms with Gasteiger partial charge in [-0.15, -0.1) is 0 Å². The predicted octanol–water partition coefficient (Wildman–Crippen LogP) is 1.71. The third kappa shape index (κ3) is 2.26. The largest absolute Gasteiger partial charge is 0.489 e. The zero-order valence-corrected chi connectivity index (χ0v) is 9.04. The van der Waals surface area contributed by atoms with E-state index in [0.29, 0.717) is 6.54 Å². The van der Waals surface area contributed by atoms with Crippen LogP contribution in [0.3, 0.4) is 0 Å². The summed E-state index contributed by atoms with van der Waals surface area (Å²) in [4.78, 5) is 15.5. The van der Waals surface area contributed by atoms with Gasteiger partial charge in [0.2, 0.25) is 5.75 Å². The lowest BCUT2D eigenvalue weighted by Gasteiger charge is -2.06. The normalized spacial score (nSPS) is 10.2. The molecule has 0 bridgehead atoms. The van der Waals surface area contributed by atoms with Gasteiger partial charge in [0.25, 0.3) is 5.56 Å². The number of methoxy groups -OCH3 is 1. The molecule has 5 heteroatoms. The van der Waals surface area contributed by atoms with Gasteiger partial charge in [-0.2, -0.15) is 0 Å². The van der Waals surface area contributed by atoms with E-state index < -0.39 is 0 Å². The van der Waals surface area contributed by atoms with Gasteiger partial charge in [0, 0.05) is 6.54 Å². The molecule has 0 N–H and O–H groups in total.